The zero-order valence-electron chi connectivity index (χ0n) is 17.0. The van der Waals surface area contributed by atoms with Crippen LogP contribution in [-0.2, 0) is 20.9 Å². The topological polar surface area (TPSA) is 122 Å². The number of para-hydroxylation sites is 1. The van der Waals surface area contributed by atoms with Crippen LogP contribution < -0.4 is 20.8 Å². The second-order valence-electron chi connectivity index (χ2n) is 6.51. The average Bonchev–Trinajstić information content (AvgIpc) is 2.83. The highest BCUT2D eigenvalue weighted by Crippen LogP contribution is 2.11. The SMILES string of the molecule is O=C(COc1ccc(/C=N\NC(=O)C(=O)NCc2ccncc2)cc1)Nc1ccccc1. The second kappa shape index (κ2) is 11.6. The molecule has 0 aliphatic carbocycles. The summed E-state index contributed by atoms with van der Waals surface area (Å²) >= 11 is 0. The summed E-state index contributed by atoms with van der Waals surface area (Å²) in [6, 6.07) is 19.3. The van der Waals surface area contributed by atoms with Crippen molar-refractivity contribution in [3.63, 3.8) is 0 Å². The van der Waals surface area contributed by atoms with Crippen molar-refractivity contribution in [2.45, 2.75) is 6.54 Å². The van der Waals surface area contributed by atoms with Gasteiger partial charge in [-0.3, -0.25) is 19.4 Å². The van der Waals surface area contributed by atoms with Gasteiger partial charge in [0, 0.05) is 24.6 Å². The van der Waals surface area contributed by atoms with E-state index in [-0.39, 0.29) is 19.1 Å². The Morgan fingerprint density at radius 3 is 2.34 bits per heavy atom. The Kier molecular flexibility index (Phi) is 8.04. The van der Waals surface area contributed by atoms with E-state index in [9.17, 15) is 14.4 Å². The second-order valence-corrected chi connectivity index (χ2v) is 6.51. The maximum Gasteiger partial charge on any atom is 0.329 e. The van der Waals surface area contributed by atoms with Gasteiger partial charge in [-0.05, 0) is 59.7 Å². The molecule has 0 aliphatic heterocycles. The summed E-state index contributed by atoms with van der Waals surface area (Å²) in [5, 5.41) is 8.99. The first kappa shape index (κ1) is 22.2. The average molecular weight is 431 g/mol. The monoisotopic (exact) mass is 431 g/mol. The van der Waals surface area contributed by atoms with E-state index in [0.29, 0.717) is 17.0 Å². The number of nitrogens with one attached hydrogen (secondary N) is 3. The van der Waals surface area contributed by atoms with Gasteiger partial charge in [-0.15, -0.1) is 0 Å². The molecule has 0 saturated carbocycles. The van der Waals surface area contributed by atoms with Gasteiger partial charge in [-0.1, -0.05) is 18.2 Å². The normalized spacial score (nSPS) is 10.4. The predicted molar refractivity (Wildman–Crippen MR) is 119 cm³/mol. The molecule has 1 aromatic heterocycles. The van der Waals surface area contributed by atoms with Crippen LogP contribution >= 0.6 is 0 Å². The van der Waals surface area contributed by atoms with E-state index in [1.807, 2.05) is 18.2 Å². The van der Waals surface area contributed by atoms with Gasteiger partial charge in [0.05, 0.1) is 6.21 Å². The fourth-order valence-electron chi connectivity index (χ4n) is 2.50. The Morgan fingerprint density at radius 2 is 1.62 bits per heavy atom. The zero-order valence-corrected chi connectivity index (χ0v) is 17.0. The smallest absolute Gasteiger partial charge is 0.329 e. The van der Waals surface area contributed by atoms with Crippen molar-refractivity contribution in [1.29, 1.82) is 0 Å². The molecule has 9 heteroatoms. The van der Waals surface area contributed by atoms with Crippen LogP contribution in [0.2, 0.25) is 0 Å². The minimum atomic E-state index is -0.875. The maximum absolute atomic E-state index is 11.9. The van der Waals surface area contributed by atoms with Crippen molar-refractivity contribution in [1.82, 2.24) is 15.7 Å². The Balaban J connectivity index is 1.39. The molecule has 0 saturated heterocycles. The van der Waals surface area contributed by atoms with E-state index < -0.39 is 11.8 Å². The highest BCUT2D eigenvalue weighted by molar-refractivity contribution is 6.35. The van der Waals surface area contributed by atoms with Gasteiger partial charge in [0.2, 0.25) is 0 Å². The summed E-state index contributed by atoms with van der Waals surface area (Å²) in [6.45, 7) is 0.0797. The van der Waals surface area contributed by atoms with Crippen LogP contribution in [-0.4, -0.2) is 35.5 Å². The number of hydrogen-bond donors (Lipinski definition) is 3. The van der Waals surface area contributed by atoms with E-state index in [0.717, 1.165) is 5.56 Å². The van der Waals surface area contributed by atoms with Gasteiger partial charge in [-0.2, -0.15) is 5.10 Å². The molecule has 0 bridgehead atoms. The molecule has 9 nitrogen and oxygen atoms in total. The third-order valence-corrected chi connectivity index (χ3v) is 4.10. The number of hydrazone groups is 1. The molecule has 0 radical (unpaired) electrons. The summed E-state index contributed by atoms with van der Waals surface area (Å²) < 4.78 is 5.45. The molecule has 0 spiro atoms. The molecule has 3 N–H and O–H groups in total. The van der Waals surface area contributed by atoms with E-state index in [2.05, 4.69) is 26.1 Å². The fourth-order valence-corrected chi connectivity index (χ4v) is 2.50. The van der Waals surface area contributed by atoms with Crippen molar-refractivity contribution >= 4 is 29.6 Å². The highest BCUT2D eigenvalue weighted by Gasteiger charge is 2.11. The third kappa shape index (κ3) is 7.38. The molecule has 0 fully saturated rings. The van der Waals surface area contributed by atoms with Gasteiger partial charge in [-0.25, -0.2) is 5.43 Å². The highest BCUT2D eigenvalue weighted by atomic mass is 16.5. The van der Waals surface area contributed by atoms with Crippen LogP contribution in [0.25, 0.3) is 0 Å². The molecule has 1 heterocycles. The standard InChI is InChI=1S/C23H21N5O4/c29-21(27-19-4-2-1-3-5-19)16-32-20-8-6-17(7-9-20)15-26-28-23(31)22(30)25-14-18-10-12-24-13-11-18/h1-13,15H,14,16H2,(H,25,30)(H,27,29)(H,28,31)/b26-15-. The molecule has 0 atom stereocenters. The summed E-state index contributed by atoms with van der Waals surface area (Å²) in [7, 11) is 0. The number of amides is 3. The lowest BCUT2D eigenvalue weighted by molar-refractivity contribution is -0.139. The predicted octanol–water partition coefficient (Wildman–Crippen LogP) is 1.87. The number of aromatic nitrogens is 1. The number of carbonyl (C=O) groups excluding carboxylic acids is 3. The van der Waals surface area contributed by atoms with Crippen molar-refractivity contribution in [3.05, 3.63) is 90.3 Å². The Hall–Kier alpha value is -4.53. The molecule has 3 aromatic rings. The quantitative estimate of drug-likeness (QED) is 0.286. The molecular formula is C23H21N5O4. The van der Waals surface area contributed by atoms with Gasteiger partial charge in [0.1, 0.15) is 5.75 Å². The van der Waals surface area contributed by atoms with Gasteiger partial charge >= 0.3 is 11.8 Å². The van der Waals surface area contributed by atoms with E-state index in [1.165, 1.54) is 6.21 Å². The van der Waals surface area contributed by atoms with Crippen LogP contribution in [0.15, 0.2) is 84.2 Å². The number of hydrogen-bond acceptors (Lipinski definition) is 6. The first-order valence-corrected chi connectivity index (χ1v) is 9.68. The van der Waals surface area contributed by atoms with Crippen LogP contribution in [0.4, 0.5) is 5.69 Å². The van der Waals surface area contributed by atoms with Crippen molar-refractivity contribution < 1.29 is 19.1 Å². The summed E-state index contributed by atoms with van der Waals surface area (Å²) in [4.78, 5) is 39.4. The lowest BCUT2D eigenvalue weighted by Crippen LogP contribution is -2.37. The Morgan fingerprint density at radius 1 is 0.906 bits per heavy atom. The first-order valence-electron chi connectivity index (χ1n) is 9.68. The van der Waals surface area contributed by atoms with Crippen LogP contribution in [0.5, 0.6) is 5.75 Å². The molecule has 162 valence electrons. The van der Waals surface area contributed by atoms with E-state index >= 15 is 0 Å². The van der Waals surface area contributed by atoms with Crippen molar-refractivity contribution in [3.8, 4) is 5.75 Å². The largest absolute Gasteiger partial charge is 0.484 e. The van der Waals surface area contributed by atoms with Gasteiger partial charge in [0.15, 0.2) is 6.61 Å². The van der Waals surface area contributed by atoms with Crippen molar-refractivity contribution in [2.75, 3.05) is 11.9 Å². The Labute approximate surface area is 184 Å². The molecule has 32 heavy (non-hydrogen) atoms. The number of rotatable bonds is 8. The molecule has 2 aromatic carbocycles. The molecule has 3 amide bonds. The third-order valence-electron chi connectivity index (χ3n) is 4.10. The van der Waals surface area contributed by atoms with Crippen LogP contribution in [0, 0.1) is 0 Å². The Bertz CT molecular complexity index is 1070. The van der Waals surface area contributed by atoms with Crippen LogP contribution in [0.3, 0.4) is 0 Å². The number of benzene rings is 2. The van der Waals surface area contributed by atoms with Gasteiger partial charge < -0.3 is 15.4 Å². The number of nitrogens with zero attached hydrogens (tertiary/aromatic N) is 2. The first-order chi connectivity index (χ1) is 15.6. The maximum atomic E-state index is 11.9. The number of anilines is 1. The molecule has 0 unspecified atom stereocenters. The molecule has 3 rings (SSSR count). The number of ether oxygens (including phenoxy) is 1. The number of carbonyl (C=O) groups is 3. The summed E-state index contributed by atoms with van der Waals surface area (Å²) in [5.41, 5.74) is 4.36. The zero-order chi connectivity index (χ0) is 22.6. The minimum absolute atomic E-state index is 0.132. The fraction of sp³-hybridized carbons (Fsp3) is 0.0870. The molecule has 0 aliphatic rings. The van der Waals surface area contributed by atoms with E-state index in [4.69, 9.17) is 4.74 Å². The lowest BCUT2D eigenvalue weighted by Gasteiger charge is -2.07. The summed E-state index contributed by atoms with van der Waals surface area (Å²) in [5.74, 6) is -1.44. The lowest BCUT2D eigenvalue weighted by atomic mass is 10.2. The van der Waals surface area contributed by atoms with Crippen molar-refractivity contribution in [2.24, 2.45) is 5.10 Å². The van der Waals surface area contributed by atoms with E-state index in [1.54, 1.807) is 60.9 Å². The molecular weight excluding hydrogens is 410 g/mol. The summed E-state index contributed by atoms with van der Waals surface area (Å²) in [6.07, 6.45) is 4.59. The number of pyridine rings is 1. The van der Waals surface area contributed by atoms with Crippen LogP contribution in [0.1, 0.15) is 11.1 Å². The van der Waals surface area contributed by atoms with Gasteiger partial charge in [0.25, 0.3) is 5.91 Å². The minimum Gasteiger partial charge on any atom is -0.484 e.